The van der Waals surface area contributed by atoms with Crippen LogP contribution in [0.1, 0.15) is 18.9 Å². The first-order valence-electron chi connectivity index (χ1n) is 4.77. The molecule has 0 N–H and O–H groups in total. The van der Waals surface area contributed by atoms with Gasteiger partial charge in [-0.1, -0.05) is 34.5 Å². The van der Waals surface area contributed by atoms with Gasteiger partial charge in [0.15, 0.2) is 0 Å². The third-order valence-corrected chi connectivity index (χ3v) is 2.90. The second kappa shape index (κ2) is 5.75. The van der Waals surface area contributed by atoms with Gasteiger partial charge in [0, 0.05) is 23.0 Å². The molecule has 0 radical (unpaired) electrons. The van der Waals surface area contributed by atoms with E-state index >= 15 is 0 Å². The van der Waals surface area contributed by atoms with Gasteiger partial charge in [-0.15, -0.1) is 0 Å². The Labute approximate surface area is 101 Å². The molecule has 0 amide bonds. The van der Waals surface area contributed by atoms with Crippen LogP contribution in [-0.2, 0) is 0 Å². The van der Waals surface area contributed by atoms with E-state index in [1.54, 1.807) is 6.08 Å². The van der Waals surface area contributed by atoms with Crippen molar-refractivity contribution in [3.05, 3.63) is 45.3 Å². The van der Waals surface area contributed by atoms with Gasteiger partial charge in [0.1, 0.15) is 5.82 Å². The van der Waals surface area contributed by atoms with Crippen LogP contribution in [0.25, 0.3) is 6.08 Å². The number of hydrogen-bond acceptors (Lipinski definition) is 2. The minimum absolute atomic E-state index is 0.0994. The van der Waals surface area contributed by atoms with Crippen LogP contribution in [0.4, 0.5) is 10.1 Å². The van der Waals surface area contributed by atoms with Crippen LogP contribution in [0.3, 0.4) is 0 Å². The Bertz CT molecular complexity index is 426. The van der Waals surface area contributed by atoms with Crippen molar-refractivity contribution >= 4 is 27.7 Å². The average molecular weight is 288 g/mol. The Morgan fingerprint density at radius 2 is 2.31 bits per heavy atom. The van der Waals surface area contributed by atoms with Gasteiger partial charge in [0.25, 0.3) is 5.69 Å². The van der Waals surface area contributed by atoms with E-state index in [4.69, 9.17) is 0 Å². The zero-order chi connectivity index (χ0) is 12.1. The maximum absolute atomic E-state index is 13.4. The van der Waals surface area contributed by atoms with Crippen molar-refractivity contribution in [2.45, 2.75) is 13.3 Å². The highest BCUT2D eigenvalue weighted by Crippen LogP contribution is 2.20. The predicted octanol–water partition coefficient (Wildman–Crippen LogP) is 3.92. The van der Waals surface area contributed by atoms with Crippen molar-refractivity contribution in [3.8, 4) is 0 Å². The Morgan fingerprint density at radius 3 is 2.81 bits per heavy atom. The molecule has 86 valence electrons. The van der Waals surface area contributed by atoms with Crippen molar-refractivity contribution in [3.63, 3.8) is 0 Å². The van der Waals surface area contributed by atoms with Crippen LogP contribution in [0.5, 0.6) is 0 Å². The van der Waals surface area contributed by atoms with Crippen molar-refractivity contribution in [2.24, 2.45) is 0 Å². The molecule has 0 spiro atoms. The average Bonchev–Trinajstić information content (AvgIpc) is 2.27. The molecule has 0 fully saturated rings. The minimum atomic E-state index is -0.531. The Kier molecular flexibility index (Phi) is 4.61. The molecule has 16 heavy (non-hydrogen) atoms. The van der Waals surface area contributed by atoms with Gasteiger partial charge in [-0.3, -0.25) is 10.1 Å². The quantitative estimate of drug-likeness (QED) is 0.478. The molecule has 1 aromatic carbocycles. The van der Waals surface area contributed by atoms with E-state index in [0.717, 1.165) is 24.1 Å². The number of nitro benzene ring substituents is 1. The third-order valence-electron chi connectivity index (χ3n) is 2.18. The highest BCUT2D eigenvalue weighted by atomic mass is 79.9. The zero-order valence-electron chi connectivity index (χ0n) is 8.74. The summed E-state index contributed by atoms with van der Waals surface area (Å²) < 4.78 is 13.4. The first-order chi connectivity index (χ1) is 7.58. The van der Waals surface area contributed by atoms with Crippen molar-refractivity contribution in [1.29, 1.82) is 0 Å². The third kappa shape index (κ3) is 3.13. The van der Waals surface area contributed by atoms with E-state index in [1.807, 2.05) is 6.92 Å². The number of rotatable bonds is 4. The summed E-state index contributed by atoms with van der Waals surface area (Å²) in [5.74, 6) is -0.447. The van der Waals surface area contributed by atoms with Gasteiger partial charge >= 0.3 is 0 Å². The first kappa shape index (κ1) is 12.8. The molecule has 0 saturated heterocycles. The highest BCUT2D eigenvalue weighted by Gasteiger charge is 2.09. The summed E-state index contributed by atoms with van der Waals surface area (Å²) >= 11 is 3.28. The molecule has 1 rings (SSSR count). The molecule has 0 aliphatic carbocycles. The summed E-state index contributed by atoms with van der Waals surface area (Å²) in [7, 11) is 0. The van der Waals surface area contributed by atoms with E-state index in [9.17, 15) is 14.5 Å². The van der Waals surface area contributed by atoms with Gasteiger partial charge in [0.2, 0.25) is 0 Å². The van der Waals surface area contributed by atoms with E-state index in [2.05, 4.69) is 15.9 Å². The lowest BCUT2D eigenvalue weighted by atomic mass is 10.1. The van der Waals surface area contributed by atoms with Crippen LogP contribution in [0.15, 0.2) is 23.8 Å². The van der Waals surface area contributed by atoms with E-state index in [1.165, 1.54) is 6.07 Å². The van der Waals surface area contributed by atoms with Crippen LogP contribution < -0.4 is 0 Å². The molecular formula is C11H11BrFNO2. The van der Waals surface area contributed by atoms with E-state index in [0.29, 0.717) is 5.33 Å². The standard InChI is InChI=1S/C11H11BrFNO2/c1-2-8(7-12)5-9-6-10(14(15)16)3-4-11(9)13/h3-6H,2,7H2,1H3/b8-5-. The zero-order valence-corrected chi connectivity index (χ0v) is 10.3. The fourth-order valence-corrected chi connectivity index (χ4v) is 1.77. The number of hydrogen-bond donors (Lipinski definition) is 0. The Hall–Kier alpha value is -1.23. The molecule has 5 heteroatoms. The van der Waals surface area contributed by atoms with Crippen LogP contribution in [-0.4, -0.2) is 10.3 Å². The number of nitrogens with zero attached hydrogens (tertiary/aromatic N) is 1. The second-order valence-corrected chi connectivity index (χ2v) is 3.81. The van der Waals surface area contributed by atoms with Gasteiger partial charge in [0.05, 0.1) is 4.92 Å². The van der Waals surface area contributed by atoms with Gasteiger partial charge in [-0.05, 0) is 12.5 Å². The first-order valence-corrected chi connectivity index (χ1v) is 5.90. The lowest BCUT2D eigenvalue weighted by Gasteiger charge is -2.01. The fourth-order valence-electron chi connectivity index (χ4n) is 1.21. The molecule has 0 aromatic heterocycles. The second-order valence-electron chi connectivity index (χ2n) is 3.25. The summed E-state index contributed by atoms with van der Waals surface area (Å²) in [5.41, 5.74) is 1.14. The molecule has 0 unspecified atom stereocenters. The monoisotopic (exact) mass is 287 g/mol. The number of nitro groups is 1. The minimum Gasteiger partial charge on any atom is -0.258 e. The Morgan fingerprint density at radius 1 is 1.62 bits per heavy atom. The van der Waals surface area contributed by atoms with Gasteiger partial charge in [-0.25, -0.2) is 4.39 Å². The maximum atomic E-state index is 13.4. The molecule has 3 nitrogen and oxygen atoms in total. The summed E-state index contributed by atoms with van der Waals surface area (Å²) in [6, 6.07) is 3.52. The predicted molar refractivity (Wildman–Crippen MR) is 65.1 cm³/mol. The normalized spacial score (nSPS) is 11.6. The van der Waals surface area contributed by atoms with Crippen molar-refractivity contribution in [2.75, 3.05) is 5.33 Å². The van der Waals surface area contributed by atoms with E-state index < -0.39 is 10.7 Å². The van der Waals surface area contributed by atoms with Gasteiger partial charge in [-0.2, -0.15) is 0 Å². The van der Waals surface area contributed by atoms with Gasteiger partial charge < -0.3 is 0 Å². The summed E-state index contributed by atoms with van der Waals surface area (Å²) in [4.78, 5) is 10.0. The summed E-state index contributed by atoms with van der Waals surface area (Å²) in [6.07, 6.45) is 2.41. The molecule has 0 bridgehead atoms. The smallest absolute Gasteiger partial charge is 0.258 e. The highest BCUT2D eigenvalue weighted by molar-refractivity contribution is 9.09. The number of benzene rings is 1. The lowest BCUT2D eigenvalue weighted by molar-refractivity contribution is -0.384. The largest absolute Gasteiger partial charge is 0.270 e. The number of alkyl halides is 1. The SMILES string of the molecule is CC/C(=C/c1cc([N+](=O)[O-])ccc1F)CBr. The molecule has 1 aromatic rings. The summed E-state index contributed by atoms with van der Waals surface area (Å²) in [5, 5.41) is 11.2. The molecule has 0 heterocycles. The molecule has 0 atom stereocenters. The molecular weight excluding hydrogens is 277 g/mol. The fraction of sp³-hybridized carbons (Fsp3) is 0.273. The summed E-state index contributed by atoms with van der Waals surface area (Å²) in [6.45, 7) is 1.95. The number of non-ortho nitro benzene ring substituents is 1. The van der Waals surface area contributed by atoms with Crippen molar-refractivity contribution in [1.82, 2.24) is 0 Å². The van der Waals surface area contributed by atoms with E-state index in [-0.39, 0.29) is 11.3 Å². The number of halogens is 2. The molecule has 0 aliphatic rings. The lowest BCUT2D eigenvalue weighted by Crippen LogP contribution is -1.92. The number of allylic oxidation sites excluding steroid dienone is 1. The van der Waals surface area contributed by atoms with Crippen LogP contribution in [0, 0.1) is 15.9 Å². The molecule has 0 aliphatic heterocycles. The topological polar surface area (TPSA) is 43.1 Å². The Balaban J connectivity index is 3.16. The van der Waals surface area contributed by atoms with Crippen molar-refractivity contribution < 1.29 is 9.31 Å². The molecule has 0 saturated carbocycles. The maximum Gasteiger partial charge on any atom is 0.270 e. The van der Waals surface area contributed by atoms with Crippen LogP contribution in [0.2, 0.25) is 0 Å². The van der Waals surface area contributed by atoms with Crippen LogP contribution >= 0.6 is 15.9 Å².